The van der Waals surface area contributed by atoms with E-state index in [0.717, 1.165) is 27.4 Å². The van der Waals surface area contributed by atoms with Crippen molar-refractivity contribution in [2.45, 2.75) is 13.5 Å². The molecule has 1 aromatic carbocycles. The van der Waals surface area contributed by atoms with Crippen LogP contribution in [0.2, 0.25) is 0 Å². The number of carbonyl (C=O) groups excluding carboxylic acids is 1. The summed E-state index contributed by atoms with van der Waals surface area (Å²) in [7, 11) is 2.99. The van der Waals surface area contributed by atoms with Gasteiger partial charge in [-0.15, -0.1) is 11.3 Å². The topological polar surface area (TPSA) is 79.4 Å². The third kappa shape index (κ3) is 3.36. The molecule has 0 aliphatic rings. The summed E-state index contributed by atoms with van der Waals surface area (Å²) < 4.78 is 11.9. The largest absolute Gasteiger partial charge is 0.497 e. The van der Waals surface area contributed by atoms with Crippen LogP contribution >= 0.6 is 11.3 Å². The first-order valence-electron chi connectivity index (χ1n) is 7.66. The number of nitrogens with zero attached hydrogens (tertiary/aromatic N) is 2. The van der Waals surface area contributed by atoms with Crippen molar-refractivity contribution in [3.8, 4) is 16.2 Å². The quantitative estimate of drug-likeness (QED) is 0.709. The van der Waals surface area contributed by atoms with Crippen LogP contribution in [0.1, 0.15) is 20.9 Å². The second-order valence-electron chi connectivity index (χ2n) is 5.54. The number of benzene rings is 1. The third-order valence-electron chi connectivity index (χ3n) is 3.99. The first-order valence-corrected chi connectivity index (χ1v) is 8.48. The molecule has 0 aliphatic heterocycles. The molecular weight excluding hydrogens is 338 g/mol. The van der Waals surface area contributed by atoms with Crippen molar-refractivity contribution in [2.24, 2.45) is 0 Å². The normalized spacial score (nSPS) is 10.7. The van der Waals surface area contributed by atoms with Crippen molar-refractivity contribution in [2.75, 3.05) is 20.0 Å². The SMILES string of the molecule is COC(=O)c1sc(-c2cnn(Cc3ccc(OC)cc3)c2C)cc1N. The minimum Gasteiger partial charge on any atom is -0.497 e. The minimum absolute atomic E-state index is 0.416. The van der Waals surface area contributed by atoms with E-state index in [1.807, 2.05) is 35.9 Å². The third-order valence-corrected chi connectivity index (χ3v) is 5.16. The first kappa shape index (κ1) is 17.0. The maximum absolute atomic E-state index is 11.7. The van der Waals surface area contributed by atoms with Crippen LogP contribution < -0.4 is 10.5 Å². The van der Waals surface area contributed by atoms with Gasteiger partial charge >= 0.3 is 5.97 Å². The maximum atomic E-state index is 11.7. The van der Waals surface area contributed by atoms with E-state index in [4.69, 9.17) is 15.2 Å². The molecule has 6 nitrogen and oxygen atoms in total. The summed E-state index contributed by atoms with van der Waals surface area (Å²) in [6.45, 7) is 2.65. The molecule has 2 aromatic heterocycles. The number of ether oxygens (including phenoxy) is 2. The predicted molar refractivity (Wildman–Crippen MR) is 98.1 cm³/mol. The Morgan fingerprint density at radius 3 is 2.64 bits per heavy atom. The number of rotatable bonds is 5. The zero-order chi connectivity index (χ0) is 18.0. The van der Waals surface area contributed by atoms with E-state index < -0.39 is 5.97 Å². The molecule has 0 saturated heterocycles. The van der Waals surface area contributed by atoms with Gasteiger partial charge in [0.2, 0.25) is 0 Å². The minimum atomic E-state index is -0.419. The Balaban J connectivity index is 1.87. The molecule has 0 unspecified atom stereocenters. The first-order chi connectivity index (χ1) is 12.0. The van der Waals surface area contributed by atoms with Crippen LogP contribution in [0.3, 0.4) is 0 Å². The zero-order valence-electron chi connectivity index (χ0n) is 14.3. The molecule has 0 bridgehead atoms. The lowest BCUT2D eigenvalue weighted by atomic mass is 10.2. The summed E-state index contributed by atoms with van der Waals surface area (Å²) in [4.78, 5) is 13.1. The van der Waals surface area contributed by atoms with Crippen LogP contribution in [0, 0.1) is 6.92 Å². The number of hydrogen-bond donors (Lipinski definition) is 1. The summed E-state index contributed by atoms with van der Waals surface area (Å²) in [6, 6.07) is 9.67. The number of hydrogen-bond acceptors (Lipinski definition) is 6. The molecule has 0 aliphatic carbocycles. The van der Waals surface area contributed by atoms with E-state index in [1.54, 1.807) is 19.4 Å². The molecule has 0 saturated carbocycles. The van der Waals surface area contributed by atoms with Gasteiger partial charge in [0.15, 0.2) is 0 Å². The van der Waals surface area contributed by atoms with Crippen molar-refractivity contribution < 1.29 is 14.3 Å². The molecule has 0 fully saturated rings. The average Bonchev–Trinajstić information content (AvgIpc) is 3.18. The highest BCUT2D eigenvalue weighted by Crippen LogP contribution is 2.35. The maximum Gasteiger partial charge on any atom is 0.350 e. The molecular formula is C18H19N3O3S. The van der Waals surface area contributed by atoms with Gasteiger partial charge in [-0.05, 0) is 30.7 Å². The lowest BCUT2D eigenvalue weighted by Gasteiger charge is -2.06. The standard InChI is InChI=1S/C18H19N3O3S/c1-11-14(16-8-15(19)17(25-16)18(22)24-3)9-20-21(11)10-12-4-6-13(23-2)7-5-12/h4-9H,10,19H2,1-3H3. The molecule has 0 spiro atoms. The van der Waals surface area contributed by atoms with Crippen molar-refractivity contribution in [3.63, 3.8) is 0 Å². The van der Waals surface area contributed by atoms with Gasteiger partial charge in [-0.2, -0.15) is 5.10 Å². The smallest absolute Gasteiger partial charge is 0.350 e. The lowest BCUT2D eigenvalue weighted by Crippen LogP contribution is -2.03. The number of nitrogen functional groups attached to an aromatic ring is 1. The highest BCUT2D eigenvalue weighted by atomic mass is 32.1. The fraction of sp³-hybridized carbons (Fsp3) is 0.222. The summed E-state index contributed by atoms with van der Waals surface area (Å²) in [5.41, 5.74) is 9.45. The van der Waals surface area contributed by atoms with Crippen LogP contribution in [0.25, 0.3) is 10.4 Å². The number of carbonyl (C=O) groups is 1. The second kappa shape index (κ2) is 6.98. The summed E-state index contributed by atoms with van der Waals surface area (Å²) in [5, 5.41) is 4.47. The van der Waals surface area contributed by atoms with Gasteiger partial charge in [0, 0.05) is 16.1 Å². The molecule has 25 heavy (non-hydrogen) atoms. The van der Waals surface area contributed by atoms with Crippen molar-refractivity contribution >= 4 is 23.0 Å². The number of anilines is 1. The van der Waals surface area contributed by atoms with Gasteiger partial charge < -0.3 is 15.2 Å². The van der Waals surface area contributed by atoms with E-state index in [0.29, 0.717) is 17.1 Å². The van der Waals surface area contributed by atoms with Gasteiger partial charge in [0.25, 0.3) is 0 Å². The molecule has 0 radical (unpaired) electrons. The zero-order valence-corrected chi connectivity index (χ0v) is 15.1. The van der Waals surface area contributed by atoms with E-state index in [2.05, 4.69) is 5.10 Å². The average molecular weight is 357 g/mol. The lowest BCUT2D eigenvalue weighted by molar-refractivity contribution is 0.0607. The Labute approximate surface area is 149 Å². The number of methoxy groups -OCH3 is 2. The monoisotopic (exact) mass is 357 g/mol. The Morgan fingerprint density at radius 2 is 2.00 bits per heavy atom. The van der Waals surface area contributed by atoms with Crippen LogP contribution in [-0.4, -0.2) is 30.0 Å². The van der Waals surface area contributed by atoms with Gasteiger partial charge in [-0.25, -0.2) is 4.79 Å². The van der Waals surface area contributed by atoms with Crippen LogP contribution in [0.4, 0.5) is 5.69 Å². The Kier molecular flexibility index (Phi) is 4.76. The molecule has 3 rings (SSSR count). The van der Waals surface area contributed by atoms with Crippen molar-refractivity contribution in [3.05, 3.63) is 52.7 Å². The number of thiophene rings is 1. The van der Waals surface area contributed by atoms with Crippen LogP contribution in [0.15, 0.2) is 36.5 Å². The Hall–Kier alpha value is -2.80. The summed E-state index contributed by atoms with van der Waals surface area (Å²) in [6.07, 6.45) is 1.80. The molecule has 0 atom stereocenters. The molecule has 2 N–H and O–H groups in total. The van der Waals surface area contributed by atoms with Crippen molar-refractivity contribution in [1.29, 1.82) is 0 Å². The van der Waals surface area contributed by atoms with Gasteiger partial charge in [0.1, 0.15) is 10.6 Å². The van der Waals surface area contributed by atoms with Gasteiger partial charge in [0.05, 0.1) is 32.6 Å². The van der Waals surface area contributed by atoms with E-state index in [-0.39, 0.29) is 0 Å². The number of aromatic nitrogens is 2. The highest BCUT2D eigenvalue weighted by molar-refractivity contribution is 7.18. The second-order valence-corrected chi connectivity index (χ2v) is 6.59. The van der Waals surface area contributed by atoms with E-state index in [9.17, 15) is 4.79 Å². The molecule has 7 heteroatoms. The Bertz CT molecular complexity index is 897. The Morgan fingerprint density at radius 1 is 1.28 bits per heavy atom. The molecule has 130 valence electrons. The summed E-state index contributed by atoms with van der Waals surface area (Å²) >= 11 is 1.31. The number of nitrogens with two attached hydrogens (primary N) is 1. The van der Waals surface area contributed by atoms with Crippen molar-refractivity contribution in [1.82, 2.24) is 9.78 Å². The number of esters is 1. The van der Waals surface area contributed by atoms with Gasteiger partial charge in [-0.3, -0.25) is 4.68 Å². The molecule has 2 heterocycles. The fourth-order valence-electron chi connectivity index (χ4n) is 2.54. The predicted octanol–water partition coefficient (Wildman–Crippen LogP) is 3.35. The van der Waals surface area contributed by atoms with Crippen LogP contribution in [0.5, 0.6) is 5.75 Å². The van der Waals surface area contributed by atoms with E-state index in [1.165, 1.54) is 18.4 Å². The van der Waals surface area contributed by atoms with E-state index >= 15 is 0 Å². The fourth-order valence-corrected chi connectivity index (χ4v) is 3.60. The molecule has 0 amide bonds. The highest BCUT2D eigenvalue weighted by Gasteiger charge is 2.18. The van der Waals surface area contributed by atoms with Gasteiger partial charge in [-0.1, -0.05) is 12.1 Å². The summed E-state index contributed by atoms with van der Waals surface area (Å²) in [5.74, 6) is 0.406. The van der Waals surface area contributed by atoms with Crippen LogP contribution in [-0.2, 0) is 11.3 Å². The molecule has 3 aromatic rings.